The van der Waals surface area contributed by atoms with E-state index < -0.39 is 0 Å². The van der Waals surface area contributed by atoms with Gasteiger partial charge in [-0.05, 0) is 50.2 Å². The lowest BCUT2D eigenvalue weighted by Crippen LogP contribution is -2.21. The van der Waals surface area contributed by atoms with Gasteiger partial charge in [-0.3, -0.25) is 4.79 Å². The number of benzene rings is 2. The fourth-order valence-corrected chi connectivity index (χ4v) is 2.78. The molecule has 140 valence electrons. The van der Waals surface area contributed by atoms with Crippen LogP contribution in [-0.4, -0.2) is 32.8 Å². The second kappa shape index (κ2) is 11.0. The topological polar surface area (TPSA) is 59.6 Å². The molecule has 0 aromatic heterocycles. The third kappa shape index (κ3) is 7.15. The first-order valence-corrected chi connectivity index (χ1v) is 9.35. The molecule has 2 aromatic carbocycles. The maximum absolute atomic E-state index is 12.1. The van der Waals surface area contributed by atoms with Crippen LogP contribution in [0.5, 0.6) is 5.75 Å². The van der Waals surface area contributed by atoms with Crippen molar-refractivity contribution in [3.05, 3.63) is 58.1 Å². The second-order valence-corrected chi connectivity index (χ2v) is 6.89. The number of methoxy groups -OCH3 is 1. The molecule has 5 nitrogen and oxygen atoms in total. The molecule has 0 radical (unpaired) electrons. The molecule has 0 saturated carbocycles. The van der Waals surface area contributed by atoms with Crippen LogP contribution in [0, 0.1) is 6.92 Å². The molecule has 2 rings (SSSR count). The van der Waals surface area contributed by atoms with Crippen LogP contribution >= 0.6 is 15.9 Å². The van der Waals surface area contributed by atoms with E-state index in [1.165, 1.54) is 0 Å². The molecule has 0 heterocycles. The van der Waals surface area contributed by atoms with Crippen molar-refractivity contribution in [3.63, 3.8) is 0 Å². The first-order valence-electron chi connectivity index (χ1n) is 8.56. The number of aryl methyl sites for hydroxylation is 1. The molecule has 0 fully saturated rings. The zero-order valence-electron chi connectivity index (χ0n) is 15.2. The highest BCUT2D eigenvalue weighted by atomic mass is 79.9. The fraction of sp³-hybridized carbons (Fsp3) is 0.350. The zero-order chi connectivity index (χ0) is 18.8. The number of hydrogen-bond acceptors (Lipinski definition) is 4. The van der Waals surface area contributed by atoms with Gasteiger partial charge in [0, 0.05) is 36.0 Å². The largest absolute Gasteiger partial charge is 0.483 e. The molecule has 0 spiro atoms. The van der Waals surface area contributed by atoms with Crippen LogP contribution in [0.15, 0.2) is 46.9 Å². The Morgan fingerprint density at radius 2 is 1.92 bits per heavy atom. The number of ether oxygens (including phenoxy) is 2. The van der Waals surface area contributed by atoms with Gasteiger partial charge in [0.2, 0.25) is 0 Å². The average Bonchev–Trinajstić information content (AvgIpc) is 2.63. The first kappa shape index (κ1) is 20.4. The third-order valence-corrected chi connectivity index (χ3v) is 4.23. The Bertz CT molecular complexity index is 705. The summed E-state index contributed by atoms with van der Waals surface area (Å²) in [6.45, 7) is 4.22. The summed E-state index contributed by atoms with van der Waals surface area (Å²) in [5.41, 5.74) is 2.91. The van der Waals surface area contributed by atoms with Crippen molar-refractivity contribution in [1.82, 2.24) is 5.32 Å². The van der Waals surface area contributed by atoms with E-state index >= 15 is 0 Å². The smallest absolute Gasteiger partial charge is 0.262 e. The minimum absolute atomic E-state index is 0.0355. The monoisotopic (exact) mass is 420 g/mol. The highest BCUT2D eigenvalue weighted by Gasteiger charge is 2.08. The van der Waals surface area contributed by atoms with Crippen LogP contribution in [0.1, 0.15) is 17.5 Å². The predicted molar refractivity (Wildman–Crippen MR) is 108 cm³/mol. The van der Waals surface area contributed by atoms with Gasteiger partial charge in [-0.25, -0.2) is 0 Å². The molecule has 0 aliphatic rings. The van der Waals surface area contributed by atoms with Crippen molar-refractivity contribution in [3.8, 4) is 5.75 Å². The van der Waals surface area contributed by atoms with Gasteiger partial charge in [-0.2, -0.15) is 0 Å². The van der Waals surface area contributed by atoms with E-state index in [2.05, 4.69) is 26.6 Å². The summed E-state index contributed by atoms with van der Waals surface area (Å²) in [7, 11) is 1.70. The number of amides is 1. The summed E-state index contributed by atoms with van der Waals surface area (Å²) < 4.78 is 11.7. The van der Waals surface area contributed by atoms with Crippen molar-refractivity contribution >= 4 is 27.5 Å². The Balaban J connectivity index is 1.87. The van der Waals surface area contributed by atoms with Crippen molar-refractivity contribution in [2.45, 2.75) is 19.9 Å². The van der Waals surface area contributed by atoms with Crippen LogP contribution in [0.25, 0.3) is 0 Å². The second-order valence-electron chi connectivity index (χ2n) is 5.98. The van der Waals surface area contributed by atoms with Crippen LogP contribution < -0.4 is 15.4 Å². The number of halogens is 1. The number of nitrogens with one attached hydrogen (secondary N) is 2. The molecule has 0 aliphatic heterocycles. The molecule has 0 atom stereocenters. The number of carbonyl (C=O) groups is 1. The Hall–Kier alpha value is -1.89. The van der Waals surface area contributed by atoms with Crippen molar-refractivity contribution in [2.24, 2.45) is 0 Å². The van der Waals surface area contributed by atoms with Gasteiger partial charge in [0.15, 0.2) is 6.61 Å². The molecule has 1 amide bonds. The molecule has 0 saturated heterocycles. The predicted octanol–water partition coefficient (Wildman–Crippen LogP) is 3.90. The normalized spacial score (nSPS) is 10.6. The summed E-state index contributed by atoms with van der Waals surface area (Å²) in [5, 5.41) is 6.19. The third-order valence-electron chi connectivity index (χ3n) is 3.73. The van der Waals surface area contributed by atoms with E-state index in [9.17, 15) is 4.79 Å². The Kier molecular flexibility index (Phi) is 8.61. The van der Waals surface area contributed by atoms with Gasteiger partial charge in [-0.1, -0.05) is 33.6 Å². The first-order chi connectivity index (χ1) is 12.6. The molecule has 2 aromatic rings. The van der Waals surface area contributed by atoms with Crippen LogP contribution in [0.4, 0.5) is 5.69 Å². The van der Waals surface area contributed by atoms with Gasteiger partial charge < -0.3 is 20.1 Å². The Morgan fingerprint density at radius 3 is 2.65 bits per heavy atom. The summed E-state index contributed by atoms with van der Waals surface area (Å²) in [4.78, 5) is 12.1. The molecule has 0 unspecified atom stereocenters. The number of carbonyl (C=O) groups excluding carboxylic acids is 1. The molecule has 2 N–H and O–H groups in total. The molecular weight excluding hydrogens is 396 g/mol. The SMILES string of the molecule is COCCCNCc1cc(Br)ccc1OCC(=O)Nc1ccc(C)cc1. The average molecular weight is 421 g/mol. The van der Waals surface area contributed by atoms with Crippen molar-refractivity contribution < 1.29 is 14.3 Å². The van der Waals surface area contributed by atoms with Crippen LogP contribution in [0.3, 0.4) is 0 Å². The minimum atomic E-state index is -0.184. The minimum Gasteiger partial charge on any atom is -0.483 e. The van der Waals surface area contributed by atoms with E-state index in [1.54, 1.807) is 7.11 Å². The van der Waals surface area contributed by atoms with E-state index in [1.807, 2.05) is 49.4 Å². The number of hydrogen-bond donors (Lipinski definition) is 2. The summed E-state index contributed by atoms with van der Waals surface area (Å²) in [5.74, 6) is 0.516. The van der Waals surface area contributed by atoms with Gasteiger partial charge in [0.1, 0.15) is 5.75 Å². The van der Waals surface area contributed by atoms with E-state index in [0.29, 0.717) is 12.3 Å². The highest BCUT2D eigenvalue weighted by molar-refractivity contribution is 9.10. The molecule has 6 heteroatoms. The van der Waals surface area contributed by atoms with E-state index in [-0.39, 0.29) is 12.5 Å². The van der Waals surface area contributed by atoms with Gasteiger partial charge >= 0.3 is 0 Å². The maximum Gasteiger partial charge on any atom is 0.262 e. The van der Waals surface area contributed by atoms with Crippen LogP contribution in [0.2, 0.25) is 0 Å². The molecule has 0 bridgehead atoms. The van der Waals surface area contributed by atoms with E-state index in [0.717, 1.165) is 40.9 Å². The Labute approximate surface area is 163 Å². The molecular formula is C20H25BrN2O3. The van der Waals surface area contributed by atoms with E-state index in [4.69, 9.17) is 9.47 Å². The summed E-state index contributed by atoms with van der Waals surface area (Å²) >= 11 is 3.48. The molecule has 26 heavy (non-hydrogen) atoms. The lowest BCUT2D eigenvalue weighted by atomic mass is 10.2. The fourth-order valence-electron chi connectivity index (χ4n) is 2.37. The molecule has 0 aliphatic carbocycles. The number of rotatable bonds is 10. The van der Waals surface area contributed by atoms with Crippen molar-refractivity contribution in [1.29, 1.82) is 0 Å². The quantitative estimate of drug-likeness (QED) is 0.572. The lowest BCUT2D eigenvalue weighted by molar-refractivity contribution is -0.118. The summed E-state index contributed by atoms with van der Waals surface area (Å²) in [6, 6.07) is 13.4. The number of anilines is 1. The standard InChI is InChI=1S/C20H25BrN2O3/c1-15-4-7-18(8-5-15)23-20(24)14-26-19-9-6-17(21)12-16(19)13-22-10-3-11-25-2/h4-9,12,22H,3,10-11,13-14H2,1-2H3,(H,23,24). The highest BCUT2D eigenvalue weighted by Crippen LogP contribution is 2.23. The van der Waals surface area contributed by atoms with Gasteiger partial charge in [-0.15, -0.1) is 0 Å². The van der Waals surface area contributed by atoms with Crippen LogP contribution in [-0.2, 0) is 16.1 Å². The summed E-state index contributed by atoms with van der Waals surface area (Å²) in [6.07, 6.45) is 0.944. The maximum atomic E-state index is 12.1. The zero-order valence-corrected chi connectivity index (χ0v) is 16.8. The lowest BCUT2D eigenvalue weighted by Gasteiger charge is -2.13. The van der Waals surface area contributed by atoms with Gasteiger partial charge in [0.05, 0.1) is 0 Å². The van der Waals surface area contributed by atoms with Crippen molar-refractivity contribution in [2.75, 3.05) is 32.2 Å². The van der Waals surface area contributed by atoms with Gasteiger partial charge in [0.25, 0.3) is 5.91 Å². The Morgan fingerprint density at radius 1 is 1.15 bits per heavy atom.